The lowest BCUT2D eigenvalue weighted by molar-refractivity contribution is 0.0284. The number of anilines is 1. The van der Waals surface area contributed by atoms with E-state index in [1.165, 1.54) is 12.8 Å². The molecule has 2 aromatic rings. The quantitative estimate of drug-likeness (QED) is 0.915. The SMILES string of the molecule is CC1(C)C2CCC1(C)C(Oc1nc(N)nc3sccc13)C2. The molecule has 21 heavy (non-hydrogen) atoms. The molecule has 2 heterocycles. The van der Waals surface area contributed by atoms with Crippen molar-refractivity contribution < 1.29 is 4.74 Å². The summed E-state index contributed by atoms with van der Waals surface area (Å²) in [5, 5.41) is 3.00. The fraction of sp³-hybridized carbons (Fsp3) is 0.625. The molecular weight excluding hydrogens is 282 g/mol. The zero-order valence-electron chi connectivity index (χ0n) is 12.7. The summed E-state index contributed by atoms with van der Waals surface area (Å²) in [7, 11) is 0. The van der Waals surface area contributed by atoms with Gasteiger partial charge in [-0.25, -0.2) is 4.98 Å². The molecule has 0 aromatic carbocycles. The number of hydrogen-bond acceptors (Lipinski definition) is 5. The van der Waals surface area contributed by atoms with E-state index in [4.69, 9.17) is 10.5 Å². The molecule has 4 nitrogen and oxygen atoms in total. The van der Waals surface area contributed by atoms with Crippen LogP contribution in [0.5, 0.6) is 5.88 Å². The largest absolute Gasteiger partial charge is 0.473 e. The lowest BCUT2D eigenvalue weighted by Crippen LogP contribution is -2.39. The maximum Gasteiger partial charge on any atom is 0.227 e. The number of ether oxygens (including phenoxy) is 1. The molecule has 2 N–H and O–H groups in total. The van der Waals surface area contributed by atoms with Crippen molar-refractivity contribution in [1.82, 2.24) is 9.97 Å². The Labute approximate surface area is 128 Å². The Morgan fingerprint density at radius 2 is 2.14 bits per heavy atom. The van der Waals surface area contributed by atoms with Gasteiger partial charge < -0.3 is 10.5 Å². The third-order valence-electron chi connectivity index (χ3n) is 6.28. The number of thiophene rings is 1. The van der Waals surface area contributed by atoms with E-state index in [1.807, 2.05) is 11.4 Å². The second kappa shape index (κ2) is 4.09. The van der Waals surface area contributed by atoms with E-state index in [9.17, 15) is 0 Å². The summed E-state index contributed by atoms with van der Waals surface area (Å²) in [6.07, 6.45) is 3.91. The number of rotatable bonds is 2. The van der Waals surface area contributed by atoms with Crippen molar-refractivity contribution in [1.29, 1.82) is 0 Å². The third-order valence-corrected chi connectivity index (χ3v) is 7.08. The van der Waals surface area contributed by atoms with Crippen LogP contribution in [0.3, 0.4) is 0 Å². The summed E-state index contributed by atoms with van der Waals surface area (Å²) in [5.74, 6) is 1.71. The van der Waals surface area contributed by atoms with E-state index in [1.54, 1.807) is 11.3 Å². The van der Waals surface area contributed by atoms with E-state index < -0.39 is 0 Å². The molecular formula is C16H21N3OS. The first kappa shape index (κ1) is 13.3. The van der Waals surface area contributed by atoms with Gasteiger partial charge in [0.25, 0.3) is 0 Å². The number of nitrogen functional groups attached to an aromatic ring is 1. The molecule has 3 unspecified atom stereocenters. The first-order chi connectivity index (χ1) is 9.92. The average Bonchev–Trinajstić information content (AvgIpc) is 3.01. The first-order valence-corrected chi connectivity index (χ1v) is 8.47. The molecule has 2 saturated carbocycles. The number of fused-ring (bicyclic) bond motifs is 3. The van der Waals surface area contributed by atoms with E-state index in [0.717, 1.165) is 22.6 Å². The Kier molecular flexibility index (Phi) is 2.60. The van der Waals surface area contributed by atoms with E-state index in [2.05, 4.69) is 30.7 Å². The van der Waals surface area contributed by atoms with E-state index in [-0.39, 0.29) is 11.5 Å². The molecule has 112 valence electrons. The minimum Gasteiger partial charge on any atom is -0.473 e. The van der Waals surface area contributed by atoms with Crippen LogP contribution in [0.25, 0.3) is 10.2 Å². The topological polar surface area (TPSA) is 61.0 Å². The molecule has 0 radical (unpaired) electrons. The second-order valence-corrected chi connectivity index (χ2v) is 8.14. The molecule has 0 spiro atoms. The molecule has 2 aliphatic rings. The fourth-order valence-corrected chi connectivity index (χ4v) is 5.14. The van der Waals surface area contributed by atoms with Crippen molar-refractivity contribution in [2.45, 2.75) is 46.1 Å². The van der Waals surface area contributed by atoms with E-state index in [0.29, 0.717) is 17.2 Å². The van der Waals surface area contributed by atoms with Crippen LogP contribution >= 0.6 is 11.3 Å². The van der Waals surface area contributed by atoms with Crippen LogP contribution in [-0.4, -0.2) is 16.1 Å². The van der Waals surface area contributed by atoms with Gasteiger partial charge in [-0.15, -0.1) is 11.3 Å². The van der Waals surface area contributed by atoms with Crippen LogP contribution in [-0.2, 0) is 0 Å². The average molecular weight is 303 g/mol. The molecule has 2 aromatic heterocycles. The van der Waals surface area contributed by atoms with Crippen LogP contribution in [0.2, 0.25) is 0 Å². The molecule has 2 fully saturated rings. The first-order valence-electron chi connectivity index (χ1n) is 7.59. The van der Waals surface area contributed by atoms with Crippen molar-refractivity contribution in [2.75, 3.05) is 5.73 Å². The van der Waals surface area contributed by atoms with Gasteiger partial charge in [0.1, 0.15) is 10.9 Å². The van der Waals surface area contributed by atoms with Gasteiger partial charge in [0.05, 0.1) is 5.39 Å². The van der Waals surface area contributed by atoms with Crippen molar-refractivity contribution in [3.05, 3.63) is 11.4 Å². The maximum atomic E-state index is 6.38. The molecule has 0 aliphatic heterocycles. The Morgan fingerprint density at radius 3 is 2.81 bits per heavy atom. The minimum atomic E-state index is 0.222. The molecule has 5 heteroatoms. The van der Waals surface area contributed by atoms with Crippen LogP contribution in [0.1, 0.15) is 40.0 Å². The third kappa shape index (κ3) is 1.67. The maximum absolute atomic E-state index is 6.38. The Hall–Kier alpha value is -1.36. The highest BCUT2D eigenvalue weighted by Crippen LogP contribution is 2.66. The lowest BCUT2D eigenvalue weighted by Gasteiger charge is -2.38. The van der Waals surface area contributed by atoms with Gasteiger partial charge in [0.2, 0.25) is 11.8 Å². The second-order valence-electron chi connectivity index (χ2n) is 7.24. The zero-order chi connectivity index (χ0) is 14.8. The van der Waals surface area contributed by atoms with Crippen LogP contribution in [0, 0.1) is 16.7 Å². The van der Waals surface area contributed by atoms with Crippen LogP contribution < -0.4 is 10.5 Å². The summed E-state index contributed by atoms with van der Waals surface area (Å²) in [4.78, 5) is 9.53. The highest BCUT2D eigenvalue weighted by Gasteiger charge is 2.62. The molecule has 2 aliphatic carbocycles. The number of nitrogens with two attached hydrogens (primary N) is 1. The van der Waals surface area contributed by atoms with Gasteiger partial charge in [-0.2, -0.15) is 4.98 Å². The fourth-order valence-electron chi connectivity index (χ4n) is 4.38. The lowest BCUT2D eigenvalue weighted by atomic mass is 9.70. The Bertz CT molecular complexity index is 711. The van der Waals surface area contributed by atoms with E-state index >= 15 is 0 Å². The van der Waals surface area contributed by atoms with Crippen molar-refractivity contribution in [3.63, 3.8) is 0 Å². The van der Waals surface area contributed by atoms with Gasteiger partial charge in [-0.1, -0.05) is 20.8 Å². The van der Waals surface area contributed by atoms with Crippen molar-refractivity contribution >= 4 is 27.5 Å². The van der Waals surface area contributed by atoms with Gasteiger partial charge >= 0.3 is 0 Å². The van der Waals surface area contributed by atoms with Crippen LogP contribution in [0.15, 0.2) is 11.4 Å². The molecule has 3 atom stereocenters. The van der Waals surface area contributed by atoms with Gasteiger partial charge in [0, 0.05) is 5.41 Å². The molecule has 0 saturated heterocycles. The number of aromatic nitrogens is 2. The Morgan fingerprint density at radius 1 is 1.33 bits per heavy atom. The smallest absolute Gasteiger partial charge is 0.227 e. The van der Waals surface area contributed by atoms with Crippen molar-refractivity contribution in [3.8, 4) is 5.88 Å². The summed E-state index contributed by atoms with van der Waals surface area (Å²) in [6.45, 7) is 7.16. The molecule has 0 amide bonds. The normalized spacial score (nSPS) is 33.7. The predicted octanol–water partition coefficient (Wildman–Crippen LogP) is 3.87. The molecule has 4 rings (SSSR count). The van der Waals surface area contributed by atoms with Gasteiger partial charge in [-0.05, 0) is 42.0 Å². The number of hydrogen-bond donors (Lipinski definition) is 1. The number of nitrogens with zero attached hydrogens (tertiary/aromatic N) is 2. The molecule has 2 bridgehead atoms. The highest BCUT2D eigenvalue weighted by atomic mass is 32.1. The minimum absolute atomic E-state index is 0.222. The predicted molar refractivity (Wildman–Crippen MR) is 85.5 cm³/mol. The summed E-state index contributed by atoms with van der Waals surface area (Å²) >= 11 is 1.58. The summed E-state index contributed by atoms with van der Waals surface area (Å²) in [5.41, 5.74) is 6.38. The summed E-state index contributed by atoms with van der Waals surface area (Å²) in [6, 6.07) is 2.02. The van der Waals surface area contributed by atoms with Gasteiger partial charge in [-0.3, -0.25) is 0 Å². The standard InChI is InChI=1S/C16H21N3OS/c1-15(2)9-4-6-16(15,3)11(8-9)20-12-10-5-7-21-13(10)19-14(17)18-12/h5,7,9,11H,4,6,8H2,1-3H3,(H2,17,18,19). The Balaban J connectivity index is 1.72. The summed E-state index contributed by atoms with van der Waals surface area (Å²) < 4.78 is 6.38. The zero-order valence-corrected chi connectivity index (χ0v) is 13.5. The van der Waals surface area contributed by atoms with Crippen molar-refractivity contribution in [2.24, 2.45) is 16.7 Å². The van der Waals surface area contributed by atoms with Gasteiger partial charge in [0.15, 0.2) is 0 Å². The highest BCUT2D eigenvalue weighted by molar-refractivity contribution is 7.16. The monoisotopic (exact) mass is 303 g/mol. The van der Waals surface area contributed by atoms with Crippen LogP contribution in [0.4, 0.5) is 5.95 Å².